The van der Waals surface area contributed by atoms with Crippen LogP contribution in [0, 0.1) is 0 Å². The highest BCUT2D eigenvalue weighted by Crippen LogP contribution is 2.30. The maximum Gasteiger partial charge on any atom is 0.0327 e. The molecule has 1 aromatic heterocycles. The number of hydrogen-bond acceptors (Lipinski definition) is 3. The Bertz CT molecular complexity index is 327. The third-order valence-electron chi connectivity index (χ3n) is 3.03. The summed E-state index contributed by atoms with van der Waals surface area (Å²) in [6.45, 7) is 3.28. The lowest BCUT2D eigenvalue weighted by molar-refractivity contribution is 0.527. The van der Waals surface area contributed by atoms with Crippen LogP contribution >= 0.6 is 39.0 Å². The number of rotatable bonds is 5. The molecule has 0 aromatic carbocycles. The standard InChI is InChI=1S/C12H18BrNS2/c1-2-15-10-4-3-9(7-10)14-8-12-11(13)5-6-16-12/h5-6,9-10,14H,2-4,7-8H2,1H3. The Morgan fingerprint density at radius 2 is 2.44 bits per heavy atom. The van der Waals surface area contributed by atoms with Gasteiger partial charge in [-0.2, -0.15) is 11.8 Å². The van der Waals surface area contributed by atoms with E-state index in [1.54, 1.807) is 0 Å². The Morgan fingerprint density at radius 3 is 3.12 bits per heavy atom. The average molecular weight is 320 g/mol. The van der Waals surface area contributed by atoms with Gasteiger partial charge >= 0.3 is 0 Å². The maximum absolute atomic E-state index is 3.68. The smallest absolute Gasteiger partial charge is 0.0327 e. The quantitative estimate of drug-likeness (QED) is 0.869. The van der Waals surface area contributed by atoms with Gasteiger partial charge in [0.1, 0.15) is 0 Å². The van der Waals surface area contributed by atoms with Crippen molar-refractivity contribution in [1.82, 2.24) is 5.32 Å². The van der Waals surface area contributed by atoms with Gasteiger partial charge in [0.15, 0.2) is 0 Å². The van der Waals surface area contributed by atoms with E-state index in [4.69, 9.17) is 0 Å². The highest BCUT2D eigenvalue weighted by Gasteiger charge is 2.24. The first-order valence-electron chi connectivity index (χ1n) is 5.86. The average Bonchev–Trinajstić information content (AvgIpc) is 2.86. The third kappa shape index (κ3) is 3.49. The van der Waals surface area contributed by atoms with Crippen LogP contribution in [0.1, 0.15) is 31.1 Å². The second-order valence-electron chi connectivity index (χ2n) is 4.16. The largest absolute Gasteiger partial charge is 0.309 e. The van der Waals surface area contributed by atoms with E-state index in [2.05, 4.69) is 51.4 Å². The molecule has 16 heavy (non-hydrogen) atoms. The number of halogens is 1. The van der Waals surface area contributed by atoms with Crippen molar-refractivity contribution in [3.8, 4) is 0 Å². The van der Waals surface area contributed by atoms with Crippen molar-refractivity contribution in [2.75, 3.05) is 5.75 Å². The van der Waals surface area contributed by atoms with Crippen molar-refractivity contribution in [3.63, 3.8) is 0 Å². The minimum atomic E-state index is 0.734. The molecule has 1 aromatic rings. The van der Waals surface area contributed by atoms with Crippen LogP contribution in [-0.4, -0.2) is 17.0 Å². The zero-order chi connectivity index (χ0) is 11.4. The van der Waals surface area contributed by atoms with Gasteiger partial charge in [-0.25, -0.2) is 0 Å². The summed E-state index contributed by atoms with van der Waals surface area (Å²) < 4.78 is 1.25. The summed E-state index contributed by atoms with van der Waals surface area (Å²) in [5.74, 6) is 1.26. The zero-order valence-electron chi connectivity index (χ0n) is 9.54. The van der Waals surface area contributed by atoms with Crippen LogP contribution in [0.3, 0.4) is 0 Å². The Morgan fingerprint density at radius 1 is 1.56 bits per heavy atom. The van der Waals surface area contributed by atoms with Crippen LogP contribution < -0.4 is 5.32 Å². The van der Waals surface area contributed by atoms with Crippen LogP contribution in [0.4, 0.5) is 0 Å². The summed E-state index contributed by atoms with van der Waals surface area (Å²) in [7, 11) is 0. The molecule has 4 heteroatoms. The van der Waals surface area contributed by atoms with Crippen molar-refractivity contribution >= 4 is 39.0 Å². The topological polar surface area (TPSA) is 12.0 Å². The molecular weight excluding hydrogens is 302 g/mol. The number of thioether (sulfide) groups is 1. The van der Waals surface area contributed by atoms with Crippen LogP contribution in [0.15, 0.2) is 15.9 Å². The molecule has 1 saturated carbocycles. The molecule has 90 valence electrons. The van der Waals surface area contributed by atoms with Gasteiger partial charge in [0, 0.05) is 27.2 Å². The minimum Gasteiger partial charge on any atom is -0.309 e. The fourth-order valence-corrected chi connectivity index (χ4v) is 4.79. The lowest BCUT2D eigenvalue weighted by Gasteiger charge is -2.12. The van der Waals surface area contributed by atoms with E-state index in [0.717, 1.165) is 17.8 Å². The fourth-order valence-electron chi connectivity index (χ4n) is 2.20. The van der Waals surface area contributed by atoms with E-state index in [9.17, 15) is 0 Å². The van der Waals surface area contributed by atoms with E-state index >= 15 is 0 Å². The van der Waals surface area contributed by atoms with Crippen molar-refractivity contribution in [2.24, 2.45) is 0 Å². The molecule has 1 heterocycles. The van der Waals surface area contributed by atoms with Crippen LogP contribution in [0.5, 0.6) is 0 Å². The molecule has 0 aliphatic heterocycles. The van der Waals surface area contributed by atoms with Gasteiger partial charge in [-0.15, -0.1) is 11.3 Å². The molecule has 0 radical (unpaired) electrons. The van der Waals surface area contributed by atoms with E-state index in [1.165, 1.54) is 34.4 Å². The molecule has 0 saturated heterocycles. The summed E-state index contributed by atoms with van der Waals surface area (Å²) in [6.07, 6.45) is 4.09. The Balaban J connectivity index is 1.74. The molecule has 1 N–H and O–H groups in total. The molecule has 1 aliphatic rings. The Labute approximate surface area is 115 Å². The summed E-state index contributed by atoms with van der Waals surface area (Å²) >= 11 is 7.53. The summed E-state index contributed by atoms with van der Waals surface area (Å²) in [6, 6.07) is 2.87. The van der Waals surface area contributed by atoms with Gasteiger partial charge in [0.25, 0.3) is 0 Å². The third-order valence-corrected chi connectivity index (χ3v) is 6.19. The van der Waals surface area contributed by atoms with Crippen LogP contribution in [0.2, 0.25) is 0 Å². The van der Waals surface area contributed by atoms with Crippen molar-refractivity contribution < 1.29 is 0 Å². The first-order valence-corrected chi connectivity index (χ1v) is 8.58. The number of nitrogens with one attached hydrogen (secondary N) is 1. The fraction of sp³-hybridized carbons (Fsp3) is 0.667. The van der Waals surface area contributed by atoms with Crippen molar-refractivity contribution in [1.29, 1.82) is 0 Å². The molecule has 1 aliphatic carbocycles. The van der Waals surface area contributed by atoms with Gasteiger partial charge in [-0.3, -0.25) is 0 Å². The van der Waals surface area contributed by atoms with Crippen molar-refractivity contribution in [3.05, 3.63) is 20.8 Å². The lowest BCUT2D eigenvalue weighted by atomic mass is 10.2. The van der Waals surface area contributed by atoms with Gasteiger partial charge < -0.3 is 5.32 Å². The van der Waals surface area contributed by atoms with E-state index in [-0.39, 0.29) is 0 Å². The molecule has 1 fully saturated rings. The van der Waals surface area contributed by atoms with Crippen molar-refractivity contribution in [2.45, 2.75) is 44.0 Å². The summed E-state index contributed by atoms with van der Waals surface area (Å²) in [4.78, 5) is 1.42. The highest BCUT2D eigenvalue weighted by atomic mass is 79.9. The summed E-state index contributed by atoms with van der Waals surface area (Å²) in [5.41, 5.74) is 0. The van der Waals surface area contributed by atoms with Gasteiger partial charge in [0.05, 0.1) is 0 Å². The lowest BCUT2D eigenvalue weighted by Crippen LogP contribution is -2.25. The predicted molar refractivity (Wildman–Crippen MR) is 78.4 cm³/mol. The molecule has 0 spiro atoms. The van der Waals surface area contributed by atoms with Gasteiger partial charge in [-0.1, -0.05) is 6.92 Å². The highest BCUT2D eigenvalue weighted by molar-refractivity contribution is 9.10. The molecule has 2 rings (SSSR count). The molecule has 1 nitrogen and oxygen atoms in total. The predicted octanol–water partition coefficient (Wildman–Crippen LogP) is 4.27. The number of hydrogen-bond donors (Lipinski definition) is 1. The first-order chi connectivity index (χ1) is 7.79. The Kier molecular flexibility index (Phi) is 5.20. The number of thiophene rings is 1. The van der Waals surface area contributed by atoms with E-state index < -0.39 is 0 Å². The normalized spacial score (nSPS) is 25.1. The second-order valence-corrected chi connectivity index (χ2v) is 7.59. The summed E-state index contributed by atoms with van der Waals surface area (Å²) in [5, 5.41) is 6.72. The molecule has 2 unspecified atom stereocenters. The van der Waals surface area contributed by atoms with Crippen LogP contribution in [0.25, 0.3) is 0 Å². The second kappa shape index (κ2) is 6.43. The Hall–Kier alpha value is 0.490. The minimum absolute atomic E-state index is 0.734. The van der Waals surface area contributed by atoms with E-state index in [0.29, 0.717) is 0 Å². The first kappa shape index (κ1) is 12.9. The molecule has 0 amide bonds. The van der Waals surface area contributed by atoms with Crippen LogP contribution in [-0.2, 0) is 6.54 Å². The maximum atomic E-state index is 3.68. The van der Waals surface area contributed by atoms with Gasteiger partial charge in [-0.05, 0) is 52.4 Å². The molecular formula is C12H18BrNS2. The van der Waals surface area contributed by atoms with E-state index in [1.807, 2.05) is 11.3 Å². The monoisotopic (exact) mass is 319 g/mol. The van der Waals surface area contributed by atoms with Gasteiger partial charge in [0.2, 0.25) is 0 Å². The zero-order valence-corrected chi connectivity index (χ0v) is 12.8. The SMILES string of the molecule is CCSC1CCC(NCc2sccc2Br)C1. The molecule has 2 atom stereocenters. The molecule has 0 bridgehead atoms.